The number of nitrogens with zero attached hydrogens (tertiary/aromatic N) is 3. The molecule has 3 aromatic rings. The number of aryl methyl sites for hydroxylation is 1. The maximum absolute atomic E-state index is 12.1. The van der Waals surface area contributed by atoms with Gasteiger partial charge in [-0.05, 0) is 41.5 Å². The Morgan fingerprint density at radius 1 is 1.00 bits per heavy atom. The van der Waals surface area contributed by atoms with Crippen LogP contribution in [0, 0.1) is 11.3 Å². The van der Waals surface area contributed by atoms with Crippen LogP contribution in [0.15, 0.2) is 65.5 Å². The summed E-state index contributed by atoms with van der Waals surface area (Å²) in [5, 5.41) is 12.7. The van der Waals surface area contributed by atoms with E-state index in [2.05, 4.69) is 11.2 Å². The smallest absolute Gasteiger partial charge is 0.364 e. The standard InChI is InChI=1S/C19H13N3O3/c1-22-18(23)11-10-17(21-22)19(24)25-16-8-6-15(7-9-16)14-4-2-13(12-20)3-5-14/h2-11H,1H3. The van der Waals surface area contributed by atoms with Gasteiger partial charge in [-0.2, -0.15) is 10.4 Å². The van der Waals surface area contributed by atoms with Crippen molar-refractivity contribution in [3.63, 3.8) is 0 Å². The van der Waals surface area contributed by atoms with E-state index in [0.29, 0.717) is 11.3 Å². The van der Waals surface area contributed by atoms with Crippen molar-refractivity contribution >= 4 is 5.97 Å². The predicted molar refractivity (Wildman–Crippen MR) is 91.0 cm³/mol. The van der Waals surface area contributed by atoms with Gasteiger partial charge in [0.25, 0.3) is 5.56 Å². The minimum Gasteiger partial charge on any atom is -0.422 e. The lowest BCUT2D eigenvalue weighted by Gasteiger charge is -2.06. The molecule has 0 aliphatic heterocycles. The van der Waals surface area contributed by atoms with Crippen LogP contribution in [-0.2, 0) is 7.05 Å². The summed E-state index contributed by atoms with van der Waals surface area (Å²) >= 11 is 0. The molecule has 0 N–H and O–H groups in total. The summed E-state index contributed by atoms with van der Waals surface area (Å²) in [6.07, 6.45) is 0. The predicted octanol–water partition coefficient (Wildman–Crippen LogP) is 2.54. The lowest BCUT2D eigenvalue weighted by molar-refractivity contribution is 0.0726. The highest BCUT2D eigenvalue weighted by molar-refractivity contribution is 5.88. The molecule has 0 unspecified atom stereocenters. The Bertz CT molecular complexity index is 1010. The number of esters is 1. The molecule has 0 atom stereocenters. The van der Waals surface area contributed by atoms with Crippen molar-refractivity contribution in [2.45, 2.75) is 0 Å². The van der Waals surface area contributed by atoms with Crippen LogP contribution in [0.25, 0.3) is 11.1 Å². The molecular weight excluding hydrogens is 318 g/mol. The van der Waals surface area contributed by atoms with Gasteiger partial charge in [0.1, 0.15) is 5.75 Å². The highest BCUT2D eigenvalue weighted by Gasteiger charge is 2.11. The number of hydrogen-bond acceptors (Lipinski definition) is 5. The molecule has 0 spiro atoms. The Morgan fingerprint density at radius 2 is 1.60 bits per heavy atom. The van der Waals surface area contributed by atoms with Crippen LogP contribution < -0.4 is 10.3 Å². The molecule has 0 aliphatic carbocycles. The van der Waals surface area contributed by atoms with Gasteiger partial charge in [-0.1, -0.05) is 24.3 Å². The molecule has 0 radical (unpaired) electrons. The molecule has 25 heavy (non-hydrogen) atoms. The Labute approximate surface area is 143 Å². The summed E-state index contributed by atoms with van der Waals surface area (Å²) in [7, 11) is 1.46. The first-order valence-electron chi connectivity index (χ1n) is 7.44. The first-order valence-corrected chi connectivity index (χ1v) is 7.44. The molecule has 0 bridgehead atoms. The van der Waals surface area contributed by atoms with E-state index >= 15 is 0 Å². The molecule has 0 fully saturated rings. The zero-order chi connectivity index (χ0) is 17.8. The third kappa shape index (κ3) is 3.62. The Balaban J connectivity index is 1.75. The molecule has 0 saturated heterocycles. The van der Waals surface area contributed by atoms with E-state index in [4.69, 9.17) is 10.00 Å². The van der Waals surface area contributed by atoms with E-state index in [0.717, 1.165) is 15.8 Å². The van der Waals surface area contributed by atoms with Gasteiger partial charge >= 0.3 is 5.97 Å². The molecule has 0 amide bonds. The van der Waals surface area contributed by atoms with Crippen molar-refractivity contribution in [1.82, 2.24) is 9.78 Å². The topological polar surface area (TPSA) is 85.0 Å². The monoisotopic (exact) mass is 331 g/mol. The first kappa shape index (κ1) is 16.1. The number of ether oxygens (including phenoxy) is 1. The van der Waals surface area contributed by atoms with Crippen LogP contribution in [0.3, 0.4) is 0 Å². The highest BCUT2D eigenvalue weighted by Crippen LogP contribution is 2.23. The van der Waals surface area contributed by atoms with E-state index in [9.17, 15) is 9.59 Å². The SMILES string of the molecule is Cn1nc(C(=O)Oc2ccc(-c3ccc(C#N)cc3)cc2)ccc1=O. The number of hydrogen-bond donors (Lipinski definition) is 0. The second-order valence-corrected chi connectivity index (χ2v) is 5.28. The van der Waals surface area contributed by atoms with Crippen molar-refractivity contribution in [1.29, 1.82) is 5.26 Å². The fraction of sp³-hybridized carbons (Fsp3) is 0.0526. The molecule has 1 heterocycles. The number of carbonyl (C=O) groups is 1. The quantitative estimate of drug-likeness (QED) is 0.544. The lowest BCUT2D eigenvalue weighted by atomic mass is 10.0. The number of nitriles is 1. The number of rotatable bonds is 3. The van der Waals surface area contributed by atoms with Crippen LogP contribution in [0.4, 0.5) is 0 Å². The van der Waals surface area contributed by atoms with Gasteiger partial charge in [0.05, 0.1) is 11.6 Å². The zero-order valence-corrected chi connectivity index (χ0v) is 13.3. The summed E-state index contributed by atoms with van der Waals surface area (Å²) in [6.45, 7) is 0. The van der Waals surface area contributed by atoms with Gasteiger partial charge in [0, 0.05) is 13.1 Å². The third-order valence-electron chi connectivity index (χ3n) is 3.58. The molecule has 6 heteroatoms. The maximum atomic E-state index is 12.1. The van der Waals surface area contributed by atoms with Gasteiger partial charge in [0.2, 0.25) is 0 Å². The van der Waals surface area contributed by atoms with Crippen LogP contribution in [0.2, 0.25) is 0 Å². The minimum absolute atomic E-state index is 0.0540. The second-order valence-electron chi connectivity index (χ2n) is 5.28. The van der Waals surface area contributed by atoms with Gasteiger partial charge in [0.15, 0.2) is 5.69 Å². The van der Waals surface area contributed by atoms with Crippen molar-refractivity contribution in [2.24, 2.45) is 7.05 Å². The van der Waals surface area contributed by atoms with Crippen LogP contribution in [-0.4, -0.2) is 15.7 Å². The van der Waals surface area contributed by atoms with Crippen LogP contribution in [0.1, 0.15) is 16.1 Å². The van der Waals surface area contributed by atoms with E-state index in [1.807, 2.05) is 24.3 Å². The normalized spacial score (nSPS) is 10.1. The van der Waals surface area contributed by atoms with E-state index in [1.54, 1.807) is 24.3 Å². The first-order chi connectivity index (χ1) is 12.1. The van der Waals surface area contributed by atoms with E-state index in [-0.39, 0.29) is 11.3 Å². The zero-order valence-electron chi connectivity index (χ0n) is 13.3. The van der Waals surface area contributed by atoms with Crippen molar-refractivity contribution in [2.75, 3.05) is 0 Å². The molecule has 0 aliphatic rings. The summed E-state index contributed by atoms with van der Waals surface area (Å²) in [5.74, 6) is -0.264. The largest absolute Gasteiger partial charge is 0.422 e. The van der Waals surface area contributed by atoms with Crippen LogP contribution >= 0.6 is 0 Å². The Morgan fingerprint density at radius 3 is 2.16 bits per heavy atom. The van der Waals surface area contributed by atoms with Crippen molar-refractivity contribution < 1.29 is 9.53 Å². The van der Waals surface area contributed by atoms with Gasteiger partial charge in [-0.15, -0.1) is 0 Å². The minimum atomic E-state index is -0.637. The molecule has 0 saturated carbocycles. The molecule has 122 valence electrons. The fourth-order valence-corrected chi connectivity index (χ4v) is 2.22. The summed E-state index contributed by atoms with van der Waals surface area (Å²) in [4.78, 5) is 23.4. The van der Waals surface area contributed by atoms with Crippen molar-refractivity contribution in [3.05, 3.63) is 82.3 Å². The molecule has 1 aromatic heterocycles. The second kappa shape index (κ2) is 6.81. The Kier molecular flexibility index (Phi) is 4.40. The van der Waals surface area contributed by atoms with Gasteiger partial charge in [-0.25, -0.2) is 9.48 Å². The summed E-state index contributed by atoms with van der Waals surface area (Å²) in [6, 6.07) is 18.8. The lowest BCUT2D eigenvalue weighted by Crippen LogP contribution is -2.22. The van der Waals surface area contributed by atoms with Gasteiger partial charge in [-0.3, -0.25) is 4.79 Å². The highest BCUT2D eigenvalue weighted by atomic mass is 16.5. The molecular formula is C19H13N3O3. The van der Waals surface area contributed by atoms with Gasteiger partial charge < -0.3 is 4.74 Å². The van der Waals surface area contributed by atoms with Crippen molar-refractivity contribution in [3.8, 4) is 22.9 Å². The van der Waals surface area contributed by atoms with Crippen LogP contribution in [0.5, 0.6) is 5.75 Å². The summed E-state index contributed by atoms with van der Waals surface area (Å²) in [5.41, 5.74) is 2.24. The van der Waals surface area contributed by atoms with E-state index in [1.165, 1.54) is 19.2 Å². The average Bonchev–Trinajstić information content (AvgIpc) is 2.64. The Hall–Kier alpha value is -3.72. The molecule has 2 aromatic carbocycles. The number of aromatic nitrogens is 2. The van der Waals surface area contributed by atoms with E-state index < -0.39 is 5.97 Å². The molecule has 3 rings (SSSR count). The maximum Gasteiger partial charge on any atom is 0.364 e. The average molecular weight is 331 g/mol. The fourth-order valence-electron chi connectivity index (χ4n) is 2.22. The number of carbonyl (C=O) groups excluding carboxylic acids is 1. The molecule has 6 nitrogen and oxygen atoms in total. The number of benzene rings is 2. The third-order valence-corrected chi connectivity index (χ3v) is 3.58. The summed E-state index contributed by atoms with van der Waals surface area (Å²) < 4.78 is 6.34.